The van der Waals surface area contributed by atoms with E-state index in [2.05, 4.69) is 27.9 Å². The minimum absolute atomic E-state index is 0.193. The highest BCUT2D eigenvalue weighted by molar-refractivity contribution is 14.1. The molecule has 1 aromatic carbocycles. The highest BCUT2D eigenvalue weighted by Gasteiger charge is 2.10. The van der Waals surface area contributed by atoms with Gasteiger partial charge in [-0.1, -0.05) is 11.6 Å². The summed E-state index contributed by atoms with van der Waals surface area (Å²) in [6.45, 7) is 1.79. The summed E-state index contributed by atoms with van der Waals surface area (Å²) in [4.78, 5) is 11.9. The molecule has 1 N–H and O–H groups in total. The summed E-state index contributed by atoms with van der Waals surface area (Å²) in [5, 5.41) is 3.45. The number of carbonyl (C=O) groups excluding carboxylic acids is 1. The van der Waals surface area contributed by atoms with Crippen LogP contribution in [0.15, 0.2) is 34.9 Å². The molecule has 17 heavy (non-hydrogen) atoms. The van der Waals surface area contributed by atoms with E-state index in [1.54, 1.807) is 31.2 Å². The summed E-state index contributed by atoms with van der Waals surface area (Å²) in [6.07, 6.45) is 1.44. The van der Waals surface area contributed by atoms with Crippen molar-refractivity contribution in [2.45, 2.75) is 6.92 Å². The molecule has 0 aliphatic carbocycles. The monoisotopic (exact) mass is 361 g/mol. The van der Waals surface area contributed by atoms with Crippen LogP contribution in [-0.4, -0.2) is 5.91 Å². The van der Waals surface area contributed by atoms with Gasteiger partial charge in [-0.05, 0) is 53.8 Å². The van der Waals surface area contributed by atoms with Gasteiger partial charge in [0.25, 0.3) is 5.91 Å². The van der Waals surface area contributed by atoms with Crippen LogP contribution in [0.25, 0.3) is 0 Å². The standard InChI is InChI=1S/C12H9ClINO2/c1-7-4-8(6-17-7)12(16)15-11-3-2-9(13)5-10(11)14/h2-6H,1H3,(H,15,16). The van der Waals surface area contributed by atoms with Crippen molar-refractivity contribution in [3.05, 3.63) is 50.4 Å². The molecule has 3 nitrogen and oxygen atoms in total. The molecule has 1 aromatic heterocycles. The summed E-state index contributed by atoms with van der Waals surface area (Å²) in [5.41, 5.74) is 1.24. The van der Waals surface area contributed by atoms with E-state index in [4.69, 9.17) is 16.0 Å². The van der Waals surface area contributed by atoms with Crippen LogP contribution < -0.4 is 5.32 Å². The fourth-order valence-electron chi connectivity index (χ4n) is 1.35. The summed E-state index contributed by atoms with van der Waals surface area (Å²) < 4.78 is 5.98. The average Bonchev–Trinajstić information content (AvgIpc) is 2.69. The van der Waals surface area contributed by atoms with Crippen molar-refractivity contribution < 1.29 is 9.21 Å². The number of anilines is 1. The largest absolute Gasteiger partial charge is 0.469 e. The number of rotatable bonds is 2. The lowest BCUT2D eigenvalue weighted by Gasteiger charge is -2.06. The van der Waals surface area contributed by atoms with Gasteiger partial charge in [-0.3, -0.25) is 4.79 Å². The van der Waals surface area contributed by atoms with Crippen molar-refractivity contribution in [2.24, 2.45) is 0 Å². The molecular formula is C12H9ClINO2. The van der Waals surface area contributed by atoms with Crippen LogP contribution >= 0.6 is 34.2 Å². The summed E-state index contributed by atoms with van der Waals surface area (Å²) in [5.74, 6) is 0.517. The van der Waals surface area contributed by atoms with Crippen LogP contribution in [0.2, 0.25) is 5.02 Å². The molecule has 0 saturated heterocycles. The Bertz CT molecular complexity index is 565. The van der Waals surface area contributed by atoms with Gasteiger partial charge in [0.1, 0.15) is 12.0 Å². The van der Waals surface area contributed by atoms with Crippen molar-refractivity contribution in [2.75, 3.05) is 5.32 Å². The molecule has 1 amide bonds. The molecule has 0 atom stereocenters. The highest BCUT2D eigenvalue weighted by Crippen LogP contribution is 2.23. The third-order valence-electron chi connectivity index (χ3n) is 2.17. The average molecular weight is 362 g/mol. The fraction of sp³-hybridized carbons (Fsp3) is 0.0833. The number of halogens is 2. The molecule has 1 heterocycles. The number of nitrogens with one attached hydrogen (secondary N) is 1. The van der Waals surface area contributed by atoms with Gasteiger partial charge >= 0.3 is 0 Å². The van der Waals surface area contributed by atoms with Gasteiger partial charge in [-0.25, -0.2) is 0 Å². The number of benzene rings is 1. The molecule has 2 aromatic rings. The van der Waals surface area contributed by atoms with Gasteiger partial charge < -0.3 is 9.73 Å². The minimum Gasteiger partial charge on any atom is -0.469 e. The second-order valence-electron chi connectivity index (χ2n) is 3.52. The summed E-state index contributed by atoms with van der Waals surface area (Å²) >= 11 is 7.96. The van der Waals surface area contributed by atoms with Crippen molar-refractivity contribution >= 4 is 45.8 Å². The van der Waals surface area contributed by atoms with Crippen molar-refractivity contribution in [3.63, 3.8) is 0 Å². The smallest absolute Gasteiger partial charge is 0.258 e. The first-order valence-electron chi connectivity index (χ1n) is 4.88. The molecule has 5 heteroatoms. The number of carbonyl (C=O) groups is 1. The van der Waals surface area contributed by atoms with Gasteiger partial charge in [0, 0.05) is 8.59 Å². The van der Waals surface area contributed by atoms with E-state index in [-0.39, 0.29) is 5.91 Å². The maximum absolute atomic E-state index is 11.9. The molecule has 0 fully saturated rings. The van der Waals surface area contributed by atoms with Crippen LogP contribution in [0.4, 0.5) is 5.69 Å². The van der Waals surface area contributed by atoms with Gasteiger partial charge in [0.05, 0.1) is 11.3 Å². The third-order valence-corrected chi connectivity index (χ3v) is 3.30. The van der Waals surface area contributed by atoms with E-state index in [1.807, 2.05) is 0 Å². The Morgan fingerprint density at radius 2 is 2.18 bits per heavy atom. The quantitative estimate of drug-likeness (QED) is 0.818. The van der Waals surface area contributed by atoms with Gasteiger partial charge in [-0.15, -0.1) is 0 Å². The zero-order valence-electron chi connectivity index (χ0n) is 8.96. The Labute approximate surface area is 117 Å². The Kier molecular flexibility index (Phi) is 3.73. The fourth-order valence-corrected chi connectivity index (χ4v) is 2.35. The zero-order valence-corrected chi connectivity index (χ0v) is 11.9. The molecule has 0 bridgehead atoms. The van der Waals surface area contributed by atoms with Crippen LogP contribution in [0.1, 0.15) is 16.1 Å². The molecule has 2 rings (SSSR count). The number of aryl methyl sites for hydroxylation is 1. The van der Waals surface area contributed by atoms with Crippen molar-refractivity contribution in [3.8, 4) is 0 Å². The molecule has 0 aliphatic rings. The van der Waals surface area contributed by atoms with E-state index >= 15 is 0 Å². The summed E-state index contributed by atoms with van der Waals surface area (Å²) in [7, 11) is 0. The van der Waals surface area contributed by atoms with Gasteiger partial charge in [-0.2, -0.15) is 0 Å². The lowest BCUT2D eigenvalue weighted by atomic mass is 10.2. The lowest BCUT2D eigenvalue weighted by Crippen LogP contribution is -2.11. The maximum Gasteiger partial charge on any atom is 0.258 e. The third kappa shape index (κ3) is 3.01. The van der Waals surface area contributed by atoms with Gasteiger partial charge in [0.2, 0.25) is 0 Å². The predicted octanol–water partition coefficient (Wildman–Crippen LogP) is 4.10. The van der Waals surface area contributed by atoms with Crippen molar-refractivity contribution in [1.82, 2.24) is 0 Å². The SMILES string of the molecule is Cc1cc(C(=O)Nc2ccc(Cl)cc2I)co1. The Morgan fingerprint density at radius 3 is 2.76 bits per heavy atom. The molecule has 0 spiro atoms. The lowest BCUT2D eigenvalue weighted by molar-refractivity contribution is 0.102. The normalized spacial score (nSPS) is 10.3. The van der Waals surface area contributed by atoms with Gasteiger partial charge in [0.15, 0.2) is 0 Å². The zero-order chi connectivity index (χ0) is 12.4. The van der Waals surface area contributed by atoms with E-state index in [0.717, 1.165) is 9.26 Å². The van der Waals surface area contributed by atoms with Crippen LogP contribution in [0.3, 0.4) is 0 Å². The van der Waals surface area contributed by atoms with E-state index in [9.17, 15) is 4.79 Å². The van der Waals surface area contributed by atoms with E-state index in [1.165, 1.54) is 6.26 Å². The second kappa shape index (κ2) is 5.10. The molecule has 0 radical (unpaired) electrons. The summed E-state index contributed by atoms with van der Waals surface area (Å²) in [6, 6.07) is 6.99. The Hall–Kier alpha value is -1.01. The Morgan fingerprint density at radius 1 is 1.41 bits per heavy atom. The first-order valence-corrected chi connectivity index (χ1v) is 6.33. The van der Waals surface area contributed by atoms with E-state index in [0.29, 0.717) is 16.3 Å². The van der Waals surface area contributed by atoms with Crippen LogP contribution in [0, 0.1) is 10.5 Å². The molecule has 0 unspecified atom stereocenters. The molecular weight excluding hydrogens is 352 g/mol. The van der Waals surface area contributed by atoms with Crippen LogP contribution in [0.5, 0.6) is 0 Å². The van der Waals surface area contributed by atoms with Crippen molar-refractivity contribution in [1.29, 1.82) is 0 Å². The molecule has 88 valence electrons. The first kappa shape index (κ1) is 12.4. The second-order valence-corrected chi connectivity index (χ2v) is 5.12. The number of amides is 1. The molecule has 0 aliphatic heterocycles. The first-order chi connectivity index (χ1) is 8.06. The number of hydrogen-bond donors (Lipinski definition) is 1. The van der Waals surface area contributed by atoms with E-state index < -0.39 is 0 Å². The number of furan rings is 1. The molecule has 0 saturated carbocycles. The minimum atomic E-state index is -0.193. The highest BCUT2D eigenvalue weighted by atomic mass is 127. The van der Waals surface area contributed by atoms with Crippen LogP contribution in [-0.2, 0) is 0 Å². The number of hydrogen-bond acceptors (Lipinski definition) is 2. The predicted molar refractivity (Wildman–Crippen MR) is 75.6 cm³/mol. The topological polar surface area (TPSA) is 42.2 Å². The maximum atomic E-state index is 11.9. The Balaban J connectivity index is 2.18.